The largest absolute Gasteiger partial charge is 0.490 e. The van der Waals surface area contributed by atoms with Crippen LogP contribution in [0.2, 0.25) is 0 Å². The minimum atomic E-state index is -0.486. The van der Waals surface area contributed by atoms with Crippen LogP contribution in [0.4, 0.5) is 0 Å². The molecule has 4 N–H and O–H groups in total. The summed E-state index contributed by atoms with van der Waals surface area (Å²) < 4.78 is 5.93. The molecule has 2 rings (SSSR count). The van der Waals surface area contributed by atoms with Gasteiger partial charge < -0.3 is 20.7 Å². The average Bonchev–Trinajstić information content (AvgIpc) is 2.42. The average molecular weight is 265 g/mol. The third-order valence-electron chi connectivity index (χ3n) is 3.78. The van der Waals surface area contributed by atoms with Crippen LogP contribution in [-0.2, 0) is 6.42 Å². The molecule has 1 aliphatic rings. The topological polar surface area (TPSA) is 75.7 Å². The van der Waals surface area contributed by atoms with Gasteiger partial charge in [-0.25, -0.2) is 0 Å². The summed E-state index contributed by atoms with van der Waals surface area (Å²) in [6, 6.07) is 7.79. The number of nitrogens with two attached hydrogens (primary N) is 1. The molecule has 4 heteroatoms. The summed E-state index contributed by atoms with van der Waals surface area (Å²) in [6.07, 6.45) is 4.28. The minimum Gasteiger partial charge on any atom is -0.490 e. The molecule has 0 bridgehead atoms. The van der Waals surface area contributed by atoms with Gasteiger partial charge in [0.25, 0.3) is 0 Å². The number of hydrogen-bond acceptors (Lipinski definition) is 4. The molecule has 0 aromatic heterocycles. The highest BCUT2D eigenvalue weighted by atomic mass is 16.5. The smallest absolute Gasteiger partial charge is 0.119 e. The maximum Gasteiger partial charge on any atom is 0.119 e. The molecule has 0 amide bonds. The molecule has 0 aliphatic heterocycles. The second-order valence-corrected chi connectivity index (χ2v) is 5.47. The molecule has 0 heterocycles. The van der Waals surface area contributed by atoms with Gasteiger partial charge in [-0.15, -0.1) is 0 Å². The van der Waals surface area contributed by atoms with Crippen molar-refractivity contribution in [1.29, 1.82) is 0 Å². The normalized spacial score (nSPS) is 27.2. The van der Waals surface area contributed by atoms with Crippen LogP contribution in [0.1, 0.15) is 31.2 Å². The number of aliphatic hydroxyl groups is 2. The summed E-state index contributed by atoms with van der Waals surface area (Å²) >= 11 is 0. The van der Waals surface area contributed by atoms with E-state index in [0.29, 0.717) is 12.8 Å². The van der Waals surface area contributed by atoms with Gasteiger partial charge in [-0.05, 0) is 43.4 Å². The van der Waals surface area contributed by atoms with E-state index in [1.807, 2.05) is 24.3 Å². The predicted octanol–water partition coefficient (Wildman–Crippen LogP) is 1.23. The van der Waals surface area contributed by atoms with Crippen LogP contribution >= 0.6 is 0 Å². The summed E-state index contributed by atoms with van der Waals surface area (Å²) in [5.41, 5.74) is 6.72. The van der Waals surface area contributed by atoms with E-state index in [1.165, 1.54) is 0 Å². The van der Waals surface area contributed by atoms with Gasteiger partial charge in [-0.1, -0.05) is 12.1 Å². The summed E-state index contributed by atoms with van der Waals surface area (Å²) in [6.45, 7) is 0.178. The fraction of sp³-hybridized carbons (Fsp3) is 0.600. The first-order chi connectivity index (χ1) is 9.15. The molecular weight excluding hydrogens is 242 g/mol. The van der Waals surface area contributed by atoms with Crippen molar-refractivity contribution in [2.75, 3.05) is 13.2 Å². The molecule has 2 unspecified atom stereocenters. The van der Waals surface area contributed by atoms with Gasteiger partial charge in [0.05, 0.1) is 6.61 Å². The van der Waals surface area contributed by atoms with E-state index in [4.69, 9.17) is 15.6 Å². The van der Waals surface area contributed by atoms with Crippen LogP contribution in [0.5, 0.6) is 5.75 Å². The van der Waals surface area contributed by atoms with Gasteiger partial charge in [-0.2, -0.15) is 0 Å². The molecule has 2 atom stereocenters. The third-order valence-corrected chi connectivity index (χ3v) is 3.78. The molecule has 0 spiro atoms. The Bertz CT molecular complexity index is 393. The Kier molecular flexibility index (Phi) is 4.80. The number of ether oxygens (including phenoxy) is 1. The van der Waals surface area contributed by atoms with E-state index < -0.39 is 5.54 Å². The molecule has 19 heavy (non-hydrogen) atoms. The molecule has 1 fully saturated rings. The Labute approximate surface area is 114 Å². The standard InChI is InChI=1S/C15H23NO3/c16-15(11-18)8-1-2-14(10-15)19-13-5-3-12(4-6-13)7-9-17/h3-6,14,17-18H,1-2,7-11,16H2. The van der Waals surface area contributed by atoms with Crippen LogP contribution in [0.15, 0.2) is 24.3 Å². The number of rotatable bonds is 5. The number of benzene rings is 1. The Morgan fingerprint density at radius 2 is 2.00 bits per heavy atom. The zero-order valence-electron chi connectivity index (χ0n) is 11.2. The SMILES string of the molecule is NC1(CO)CCCC(Oc2ccc(CCO)cc2)C1. The second kappa shape index (κ2) is 6.37. The van der Waals surface area contributed by atoms with Crippen molar-refractivity contribution in [2.45, 2.75) is 43.7 Å². The summed E-state index contributed by atoms with van der Waals surface area (Å²) in [4.78, 5) is 0. The molecule has 1 aromatic carbocycles. The lowest BCUT2D eigenvalue weighted by molar-refractivity contribution is 0.0729. The van der Waals surface area contributed by atoms with Crippen LogP contribution in [0.25, 0.3) is 0 Å². The van der Waals surface area contributed by atoms with Gasteiger partial charge >= 0.3 is 0 Å². The van der Waals surface area contributed by atoms with E-state index in [0.717, 1.165) is 30.6 Å². The molecule has 1 aliphatic carbocycles. The maximum atomic E-state index is 9.33. The van der Waals surface area contributed by atoms with E-state index in [-0.39, 0.29) is 19.3 Å². The Hall–Kier alpha value is -1.10. The lowest BCUT2D eigenvalue weighted by Gasteiger charge is -2.36. The van der Waals surface area contributed by atoms with Crippen molar-refractivity contribution in [3.8, 4) is 5.75 Å². The third kappa shape index (κ3) is 3.93. The lowest BCUT2D eigenvalue weighted by atomic mass is 9.81. The number of hydrogen-bond donors (Lipinski definition) is 3. The van der Waals surface area contributed by atoms with E-state index in [2.05, 4.69) is 0 Å². The van der Waals surface area contributed by atoms with Gasteiger partial charge in [0.1, 0.15) is 11.9 Å². The molecule has 1 aromatic rings. The van der Waals surface area contributed by atoms with Gasteiger partial charge in [0.2, 0.25) is 0 Å². The Morgan fingerprint density at radius 3 is 2.63 bits per heavy atom. The van der Waals surface area contributed by atoms with Crippen LogP contribution in [0, 0.1) is 0 Å². The Balaban J connectivity index is 1.93. The van der Waals surface area contributed by atoms with E-state index >= 15 is 0 Å². The molecule has 106 valence electrons. The first-order valence-electron chi connectivity index (χ1n) is 6.91. The number of aliphatic hydroxyl groups excluding tert-OH is 2. The molecule has 1 saturated carbocycles. The zero-order valence-corrected chi connectivity index (χ0v) is 11.2. The van der Waals surface area contributed by atoms with Crippen molar-refractivity contribution in [2.24, 2.45) is 5.73 Å². The minimum absolute atomic E-state index is 0.0162. The Morgan fingerprint density at radius 1 is 1.26 bits per heavy atom. The van der Waals surface area contributed by atoms with Crippen molar-refractivity contribution in [1.82, 2.24) is 0 Å². The van der Waals surface area contributed by atoms with Crippen molar-refractivity contribution >= 4 is 0 Å². The van der Waals surface area contributed by atoms with E-state index in [9.17, 15) is 5.11 Å². The lowest BCUT2D eigenvalue weighted by Crippen LogP contribution is -2.50. The fourth-order valence-electron chi connectivity index (χ4n) is 2.64. The first-order valence-corrected chi connectivity index (χ1v) is 6.91. The van der Waals surface area contributed by atoms with E-state index in [1.54, 1.807) is 0 Å². The van der Waals surface area contributed by atoms with Crippen LogP contribution < -0.4 is 10.5 Å². The molecule has 0 saturated heterocycles. The maximum absolute atomic E-state index is 9.33. The fourth-order valence-corrected chi connectivity index (χ4v) is 2.64. The highest BCUT2D eigenvalue weighted by Gasteiger charge is 2.33. The van der Waals surface area contributed by atoms with Crippen LogP contribution in [0.3, 0.4) is 0 Å². The quantitative estimate of drug-likeness (QED) is 0.748. The molecule has 4 nitrogen and oxygen atoms in total. The molecular formula is C15H23NO3. The predicted molar refractivity (Wildman–Crippen MR) is 74.1 cm³/mol. The van der Waals surface area contributed by atoms with Gasteiger partial charge in [0.15, 0.2) is 0 Å². The van der Waals surface area contributed by atoms with Crippen molar-refractivity contribution in [3.63, 3.8) is 0 Å². The van der Waals surface area contributed by atoms with Gasteiger partial charge in [-0.3, -0.25) is 0 Å². The first kappa shape index (κ1) is 14.3. The highest BCUT2D eigenvalue weighted by molar-refractivity contribution is 5.27. The molecule has 0 radical (unpaired) electrons. The zero-order chi connectivity index (χ0) is 13.7. The highest BCUT2D eigenvalue weighted by Crippen LogP contribution is 2.29. The summed E-state index contributed by atoms with van der Waals surface area (Å²) in [5.74, 6) is 0.828. The van der Waals surface area contributed by atoms with Crippen molar-refractivity contribution in [3.05, 3.63) is 29.8 Å². The monoisotopic (exact) mass is 265 g/mol. The van der Waals surface area contributed by atoms with Crippen LogP contribution in [-0.4, -0.2) is 35.1 Å². The van der Waals surface area contributed by atoms with Gasteiger partial charge in [0, 0.05) is 18.6 Å². The second-order valence-electron chi connectivity index (χ2n) is 5.47. The summed E-state index contributed by atoms with van der Waals surface area (Å²) in [5, 5.41) is 18.2. The summed E-state index contributed by atoms with van der Waals surface area (Å²) in [7, 11) is 0. The van der Waals surface area contributed by atoms with Crippen molar-refractivity contribution < 1.29 is 14.9 Å².